The maximum Gasteiger partial charge on any atom is 0.223 e. The lowest BCUT2D eigenvalue weighted by molar-refractivity contribution is 0.0676. The van der Waals surface area contributed by atoms with E-state index in [0.29, 0.717) is 19.2 Å². The molecule has 0 unspecified atom stereocenters. The number of hydrogen-bond acceptors (Lipinski definition) is 7. The Kier molecular flexibility index (Phi) is 7.04. The molecule has 2 aromatic carbocycles. The van der Waals surface area contributed by atoms with E-state index in [1.807, 2.05) is 20.2 Å². The number of nitrogens with zero attached hydrogens (tertiary/aromatic N) is 3. The summed E-state index contributed by atoms with van der Waals surface area (Å²) in [6.07, 6.45) is 4.01. The van der Waals surface area contributed by atoms with Gasteiger partial charge in [0.25, 0.3) is 0 Å². The number of hydrogen-bond donors (Lipinski definition) is 2. The highest BCUT2D eigenvalue weighted by atomic mass is 16.6. The summed E-state index contributed by atoms with van der Waals surface area (Å²) in [6.45, 7) is 2.20. The molecule has 7 nitrogen and oxygen atoms in total. The molecular weight excluding hydrogens is 426 g/mol. The fraction of sp³-hybridized carbons (Fsp3) is 0.407. The van der Waals surface area contributed by atoms with Gasteiger partial charge in [0.1, 0.15) is 12.2 Å². The maximum absolute atomic E-state index is 6.13. The van der Waals surface area contributed by atoms with E-state index in [2.05, 4.69) is 75.1 Å². The average Bonchev–Trinajstić information content (AvgIpc) is 3.46. The van der Waals surface area contributed by atoms with Gasteiger partial charge in [-0.1, -0.05) is 42.5 Å². The van der Waals surface area contributed by atoms with Gasteiger partial charge in [-0.25, -0.2) is 9.97 Å². The second-order valence-electron chi connectivity index (χ2n) is 9.20. The van der Waals surface area contributed by atoms with Gasteiger partial charge >= 0.3 is 0 Å². The number of ether oxygens (including phenoxy) is 2. The van der Waals surface area contributed by atoms with E-state index in [-0.39, 0.29) is 24.3 Å². The first-order chi connectivity index (χ1) is 16.7. The van der Waals surface area contributed by atoms with Crippen molar-refractivity contribution in [3.8, 4) is 11.3 Å². The van der Waals surface area contributed by atoms with Crippen LogP contribution in [0.25, 0.3) is 11.3 Å². The third kappa shape index (κ3) is 5.22. The smallest absolute Gasteiger partial charge is 0.223 e. The lowest BCUT2D eigenvalue weighted by Crippen LogP contribution is -2.42. The molecule has 1 aromatic heterocycles. The number of aryl methyl sites for hydroxylation is 1. The topological polar surface area (TPSA) is 71.5 Å². The van der Waals surface area contributed by atoms with E-state index in [9.17, 15) is 0 Å². The van der Waals surface area contributed by atoms with Crippen molar-refractivity contribution < 1.29 is 9.47 Å². The Bertz CT molecular complexity index is 1060. The van der Waals surface area contributed by atoms with Crippen LogP contribution in [0.15, 0.2) is 66.9 Å². The van der Waals surface area contributed by atoms with Crippen molar-refractivity contribution in [2.24, 2.45) is 0 Å². The molecule has 0 spiro atoms. The van der Waals surface area contributed by atoms with Crippen molar-refractivity contribution in [2.75, 3.05) is 44.1 Å². The number of fused-ring (bicyclic) bond motifs is 1. The fourth-order valence-electron chi connectivity index (χ4n) is 4.71. The quantitative estimate of drug-likeness (QED) is 0.476. The molecule has 2 saturated heterocycles. The van der Waals surface area contributed by atoms with Crippen LogP contribution in [-0.4, -0.2) is 68.1 Å². The Morgan fingerprint density at radius 2 is 1.65 bits per heavy atom. The van der Waals surface area contributed by atoms with Gasteiger partial charge in [-0.3, -0.25) is 0 Å². The molecule has 5 rings (SSSR count). The largest absolute Gasteiger partial charge is 0.378 e. The second-order valence-corrected chi connectivity index (χ2v) is 9.20. The number of benzene rings is 2. The summed E-state index contributed by atoms with van der Waals surface area (Å²) in [5.41, 5.74) is 4.49. The van der Waals surface area contributed by atoms with Crippen LogP contribution in [0.3, 0.4) is 0 Å². The molecule has 4 atom stereocenters. The zero-order valence-corrected chi connectivity index (χ0v) is 19.9. The molecular formula is C27H33N5O2. The Labute approximate surface area is 201 Å². The minimum Gasteiger partial charge on any atom is -0.378 e. The molecule has 34 heavy (non-hydrogen) atoms. The molecule has 0 aliphatic carbocycles. The summed E-state index contributed by atoms with van der Waals surface area (Å²) in [4.78, 5) is 11.3. The summed E-state index contributed by atoms with van der Waals surface area (Å²) in [6, 6.07) is 21.2. The Hall–Kier alpha value is -3.00. The third-order valence-corrected chi connectivity index (χ3v) is 6.59. The van der Waals surface area contributed by atoms with Crippen molar-refractivity contribution in [3.63, 3.8) is 0 Å². The number of aromatic nitrogens is 2. The minimum absolute atomic E-state index is 0.00162. The first kappa shape index (κ1) is 22.8. The number of anilines is 2. The van der Waals surface area contributed by atoms with Crippen LogP contribution >= 0.6 is 0 Å². The van der Waals surface area contributed by atoms with Gasteiger partial charge in [0.05, 0.1) is 31.0 Å². The van der Waals surface area contributed by atoms with E-state index in [1.165, 1.54) is 5.56 Å². The van der Waals surface area contributed by atoms with Crippen LogP contribution in [0.2, 0.25) is 0 Å². The van der Waals surface area contributed by atoms with Crippen LogP contribution in [0.4, 0.5) is 11.6 Å². The van der Waals surface area contributed by atoms with Crippen LogP contribution in [0.1, 0.15) is 12.0 Å². The highest BCUT2D eigenvalue weighted by Crippen LogP contribution is 2.29. The molecule has 178 valence electrons. The minimum atomic E-state index is -0.00162. The summed E-state index contributed by atoms with van der Waals surface area (Å²) in [5, 5.41) is 7.09. The molecule has 2 fully saturated rings. The Morgan fingerprint density at radius 3 is 2.41 bits per heavy atom. The van der Waals surface area contributed by atoms with Crippen molar-refractivity contribution in [1.82, 2.24) is 15.3 Å². The first-order valence-corrected chi connectivity index (χ1v) is 12.1. The molecule has 2 aliphatic heterocycles. The third-order valence-electron chi connectivity index (χ3n) is 6.59. The monoisotopic (exact) mass is 459 g/mol. The van der Waals surface area contributed by atoms with Crippen LogP contribution < -0.4 is 15.5 Å². The summed E-state index contributed by atoms with van der Waals surface area (Å²) in [5.74, 6) is 0.603. The van der Waals surface area contributed by atoms with Crippen LogP contribution in [0.5, 0.6) is 0 Å². The predicted octanol–water partition coefficient (Wildman–Crippen LogP) is 3.38. The van der Waals surface area contributed by atoms with Gasteiger partial charge in [-0.15, -0.1) is 0 Å². The Morgan fingerprint density at radius 1 is 0.912 bits per heavy atom. The SMILES string of the molecule is CN(C)c1ccc(-c2ccnc(N[C@H]3CO[C@H]4[C@@H]3OC[C@@H]4NCCCc3ccccc3)n2)cc1. The van der Waals surface area contributed by atoms with Gasteiger partial charge < -0.3 is 25.0 Å². The van der Waals surface area contributed by atoms with Crippen LogP contribution in [0, 0.1) is 0 Å². The summed E-state index contributed by atoms with van der Waals surface area (Å²) >= 11 is 0. The zero-order valence-electron chi connectivity index (χ0n) is 19.9. The number of nitrogens with one attached hydrogen (secondary N) is 2. The van der Waals surface area contributed by atoms with Gasteiger partial charge in [0, 0.05) is 31.5 Å². The van der Waals surface area contributed by atoms with Crippen molar-refractivity contribution in [2.45, 2.75) is 37.1 Å². The summed E-state index contributed by atoms with van der Waals surface area (Å²) in [7, 11) is 4.07. The van der Waals surface area contributed by atoms with E-state index < -0.39 is 0 Å². The highest BCUT2D eigenvalue weighted by molar-refractivity contribution is 5.63. The molecule has 3 heterocycles. The van der Waals surface area contributed by atoms with Crippen molar-refractivity contribution >= 4 is 11.6 Å². The highest BCUT2D eigenvalue weighted by Gasteiger charge is 2.47. The summed E-state index contributed by atoms with van der Waals surface area (Å²) < 4.78 is 12.3. The zero-order chi connectivity index (χ0) is 23.3. The Balaban J connectivity index is 1.14. The maximum atomic E-state index is 6.13. The average molecular weight is 460 g/mol. The lowest BCUT2D eigenvalue weighted by Gasteiger charge is -2.18. The normalized spacial score (nSPS) is 23.6. The second kappa shape index (κ2) is 10.5. The van der Waals surface area contributed by atoms with Gasteiger partial charge in [0.15, 0.2) is 0 Å². The molecule has 0 saturated carbocycles. The molecule has 0 radical (unpaired) electrons. The van der Waals surface area contributed by atoms with Crippen molar-refractivity contribution in [3.05, 3.63) is 72.4 Å². The van der Waals surface area contributed by atoms with Gasteiger partial charge in [0.2, 0.25) is 5.95 Å². The molecule has 7 heteroatoms. The standard InChI is InChI=1S/C27H33N5O2/c1-32(2)21-12-10-20(11-13-21)22-14-16-29-27(30-22)31-24-18-34-25-23(17-33-26(24)25)28-15-6-9-19-7-4-3-5-8-19/h3-5,7-8,10-14,16,23-26,28H,6,9,15,17-18H2,1-2H3,(H,29,30,31)/t23-,24-,25+,26+/m0/s1. The molecule has 2 aliphatic rings. The number of rotatable bonds is 9. The van der Waals surface area contributed by atoms with E-state index in [1.54, 1.807) is 6.20 Å². The van der Waals surface area contributed by atoms with E-state index in [4.69, 9.17) is 14.5 Å². The lowest BCUT2D eigenvalue weighted by atomic mass is 10.1. The molecule has 0 amide bonds. The van der Waals surface area contributed by atoms with Crippen LogP contribution in [-0.2, 0) is 15.9 Å². The predicted molar refractivity (Wildman–Crippen MR) is 135 cm³/mol. The van der Waals surface area contributed by atoms with Crippen molar-refractivity contribution in [1.29, 1.82) is 0 Å². The fourth-order valence-corrected chi connectivity index (χ4v) is 4.71. The van der Waals surface area contributed by atoms with E-state index >= 15 is 0 Å². The molecule has 2 N–H and O–H groups in total. The first-order valence-electron chi connectivity index (χ1n) is 12.1. The molecule has 0 bridgehead atoms. The van der Waals surface area contributed by atoms with Gasteiger partial charge in [-0.2, -0.15) is 0 Å². The van der Waals surface area contributed by atoms with Gasteiger partial charge in [-0.05, 0) is 43.1 Å². The van der Waals surface area contributed by atoms with E-state index in [0.717, 1.165) is 36.3 Å². The molecule has 3 aromatic rings.